The summed E-state index contributed by atoms with van der Waals surface area (Å²) in [6.45, 7) is 6.87. The van der Waals surface area contributed by atoms with Crippen molar-refractivity contribution in [1.82, 2.24) is 10.2 Å². The van der Waals surface area contributed by atoms with Crippen LogP contribution >= 0.6 is 0 Å². The SMILES string of the molecule is CC(C)(C)OC(=O)CN[C@@H]1CCN(Cc2ccccc2)C1=O. The third-order valence-corrected chi connectivity index (χ3v) is 3.43. The highest BCUT2D eigenvalue weighted by molar-refractivity contribution is 5.84. The molecule has 1 N–H and O–H groups in total. The molecular formula is C17H24N2O3. The predicted octanol–water partition coefficient (Wildman–Crippen LogP) is 1.72. The molecule has 5 nitrogen and oxygen atoms in total. The highest BCUT2D eigenvalue weighted by Gasteiger charge is 2.31. The quantitative estimate of drug-likeness (QED) is 0.842. The van der Waals surface area contributed by atoms with Crippen molar-refractivity contribution in [2.24, 2.45) is 0 Å². The molecule has 1 amide bonds. The van der Waals surface area contributed by atoms with E-state index in [0.717, 1.165) is 5.56 Å². The van der Waals surface area contributed by atoms with E-state index in [1.54, 1.807) is 0 Å². The van der Waals surface area contributed by atoms with Gasteiger partial charge in [-0.25, -0.2) is 0 Å². The summed E-state index contributed by atoms with van der Waals surface area (Å²) >= 11 is 0. The van der Waals surface area contributed by atoms with E-state index >= 15 is 0 Å². The van der Waals surface area contributed by atoms with Crippen LogP contribution in [0.15, 0.2) is 30.3 Å². The first kappa shape index (κ1) is 16.5. The molecular weight excluding hydrogens is 280 g/mol. The minimum Gasteiger partial charge on any atom is -0.459 e. The van der Waals surface area contributed by atoms with Gasteiger partial charge in [-0.2, -0.15) is 0 Å². The Kier molecular flexibility index (Phi) is 5.19. The molecule has 2 rings (SSSR count). The van der Waals surface area contributed by atoms with Crippen molar-refractivity contribution in [3.8, 4) is 0 Å². The number of hydrogen-bond donors (Lipinski definition) is 1. The predicted molar refractivity (Wildman–Crippen MR) is 84.1 cm³/mol. The van der Waals surface area contributed by atoms with E-state index in [4.69, 9.17) is 4.74 Å². The standard InChI is InChI=1S/C17H24N2O3/c1-17(2,3)22-15(20)11-18-14-9-10-19(16(14)21)12-13-7-5-4-6-8-13/h4-8,14,18H,9-12H2,1-3H3/t14-/m1/s1. The summed E-state index contributed by atoms with van der Waals surface area (Å²) in [5.41, 5.74) is 0.612. The molecule has 1 heterocycles. The van der Waals surface area contributed by atoms with Crippen LogP contribution in [-0.4, -0.2) is 41.5 Å². The number of benzene rings is 1. The number of nitrogens with zero attached hydrogens (tertiary/aromatic N) is 1. The summed E-state index contributed by atoms with van der Waals surface area (Å²) in [4.78, 5) is 25.8. The molecule has 1 atom stereocenters. The van der Waals surface area contributed by atoms with Gasteiger partial charge in [0.2, 0.25) is 5.91 Å². The fraction of sp³-hybridized carbons (Fsp3) is 0.529. The van der Waals surface area contributed by atoms with Gasteiger partial charge in [0.15, 0.2) is 0 Å². The maximum atomic E-state index is 12.3. The zero-order valence-electron chi connectivity index (χ0n) is 13.5. The van der Waals surface area contributed by atoms with Gasteiger partial charge in [-0.05, 0) is 32.8 Å². The van der Waals surface area contributed by atoms with Crippen LogP contribution in [0.3, 0.4) is 0 Å². The van der Waals surface area contributed by atoms with Crippen LogP contribution in [0.5, 0.6) is 0 Å². The van der Waals surface area contributed by atoms with Crippen LogP contribution < -0.4 is 5.32 Å². The number of likely N-dealkylation sites (tertiary alicyclic amines) is 1. The molecule has 0 spiro atoms. The normalized spacial score (nSPS) is 18.6. The molecule has 0 bridgehead atoms. The molecule has 5 heteroatoms. The summed E-state index contributed by atoms with van der Waals surface area (Å²) in [7, 11) is 0. The van der Waals surface area contributed by atoms with Gasteiger partial charge in [0.05, 0.1) is 12.6 Å². The summed E-state index contributed by atoms with van der Waals surface area (Å²) < 4.78 is 5.23. The minimum absolute atomic E-state index is 0.0485. The number of rotatable bonds is 5. The van der Waals surface area contributed by atoms with Gasteiger partial charge < -0.3 is 9.64 Å². The Bertz CT molecular complexity index is 522. The zero-order chi connectivity index (χ0) is 16.2. The lowest BCUT2D eigenvalue weighted by Gasteiger charge is -2.20. The van der Waals surface area contributed by atoms with Gasteiger partial charge in [0, 0.05) is 13.1 Å². The van der Waals surface area contributed by atoms with Crippen LogP contribution in [0, 0.1) is 0 Å². The number of esters is 1. The molecule has 0 radical (unpaired) electrons. The number of carbonyl (C=O) groups is 2. The molecule has 120 valence electrons. The minimum atomic E-state index is -0.502. The van der Waals surface area contributed by atoms with Gasteiger partial charge in [-0.1, -0.05) is 30.3 Å². The molecule has 1 aliphatic rings. The summed E-state index contributed by atoms with van der Waals surface area (Å²) in [5.74, 6) is -0.283. The molecule has 0 aromatic heterocycles. The lowest BCUT2D eigenvalue weighted by atomic mass is 10.2. The highest BCUT2D eigenvalue weighted by Crippen LogP contribution is 2.15. The largest absolute Gasteiger partial charge is 0.459 e. The van der Waals surface area contributed by atoms with Crippen molar-refractivity contribution in [2.45, 2.75) is 45.4 Å². The Labute approximate surface area is 131 Å². The van der Waals surface area contributed by atoms with Crippen molar-refractivity contribution in [2.75, 3.05) is 13.1 Å². The highest BCUT2D eigenvalue weighted by atomic mass is 16.6. The van der Waals surface area contributed by atoms with E-state index in [2.05, 4.69) is 5.32 Å². The van der Waals surface area contributed by atoms with E-state index in [-0.39, 0.29) is 24.5 Å². The summed E-state index contributed by atoms with van der Waals surface area (Å²) in [6.07, 6.45) is 0.717. The fourth-order valence-electron chi connectivity index (χ4n) is 2.47. The van der Waals surface area contributed by atoms with Gasteiger partial charge >= 0.3 is 5.97 Å². The number of hydrogen-bond acceptors (Lipinski definition) is 4. The monoisotopic (exact) mass is 304 g/mol. The van der Waals surface area contributed by atoms with Crippen molar-refractivity contribution in [3.63, 3.8) is 0 Å². The Hall–Kier alpha value is -1.88. The Balaban J connectivity index is 1.80. The fourth-order valence-corrected chi connectivity index (χ4v) is 2.47. The van der Waals surface area contributed by atoms with Gasteiger partial charge in [-0.3, -0.25) is 14.9 Å². The van der Waals surface area contributed by atoms with Crippen LogP contribution in [0.2, 0.25) is 0 Å². The smallest absolute Gasteiger partial charge is 0.320 e. The van der Waals surface area contributed by atoms with Crippen molar-refractivity contribution < 1.29 is 14.3 Å². The third-order valence-electron chi connectivity index (χ3n) is 3.43. The van der Waals surface area contributed by atoms with E-state index in [0.29, 0.717) is 19.5 Å². The average molecular weight is 304 g/mol. The van der Waals surface area contributed by atoms with E-state index in [1.165, 1.54) is 0 Å². The lowest BCUT2D eigenvalue weighted by molar-refractivity contribution is -0.153. The number of ether oxygens (including phenoxy) is 1. The van der Waals surface area contributed by atoms with E-state index < -0.39 is 5.60 Å². The number of nitrogens with one attached hydrogen (secondary N) is 1. The van der Waals surface area contributed by atoms with Crippen molar-refractivity contribution >= 4 is 11.9 Å². The van der Waals surface area contributed by atoms with Crippen molar-refractivity contribution in [3.05, 3.63) is 35.9 Å². The Morgan fingerprint density at radius 3 is 2.64 bits per heavy atom. The van der Waals surface area contributed by atoms with Crippen LogP contribution in [0.1, 0.15) is 32.8 Å². The topological polar surface area (TPSA) is 58.6 Å². The molecule has 1 aromatic carbocycles. The molecule has 1 fully saturated rings. The molecule has 1 aromatic rings. The zero-order valence-corrected chi connectivity index (χ0v) is 13.5. The van der Waals surface area contributed by atoms with Crippen molar-refractivity contribution in [1.29, 1.82) is 0 Å². The maximum absolute atomic E-state index is 12.3. The Morgan fingerprint density at radius 2 is 2.00 bits per heavy atom. The summed E-state index contributed by atoms with van der Waals surface area (Å²) in [5, 5.41) is 3.00. The number of carbonyl (C=O) groups excluding carboxylic acids is 2. The maximum Gasteiger partial charge on any atom is 0.320 e. The molecule has 1 saturated heterocycles. The average Bonchev–Trinajstić information content (AvgIpc) is 2.77. The van der Waals surface area contributed by atoms with E-state index in [1.807, 2.05) is 56.0 Å². The van der Waals surface area contributed by atoms with Gasteiger partial charge in [-0.15, -0.1) is 0 Å². The van der Waals surface area contributed by atoms with Crippen LogP contribution in [-0.2, 0) is 20.9 Å². The second kappa shape index (κ2) is 6.92. The molecule has 0 unspecified atom stereocenters. The molecule has 1 aliphatic heterocycles. The first-order valence-electron chi connectivity index (χ1n) is 7.63. The molecule has 22 heavy (non-hydrogen) atoms. The first-order chi connectivity index (χ1) is 10.3. The van der Waals surface area contributed by atoms with E-state index in [9.17, 15) is 9.59 Å². The van der Waals surface area contributed by atoms with Gasteiger partial charge in [0.25, 0.3) is 0 Å². The van der Waals surface area contributed by atoms with Gasteiger partial charge in [0.1, 0.15) is 5.60 Å². The van der Waals surface area contributed by atoms with Crippen LogP contribution in [0.4, 0.5) is 0 Å². The Morgan fingerprint density at radius 1 is 1.32 bits per heavy atom. The second-order valence-corrected chi connectivity index (χ2v) is 6.55. The third kappa shape index (κ3) is 4.84. The summed E-state index contributed by atoms with van der Waals surface area (Å²) in [6, 6.07) is 9.61. The lowest BCUT2D eigenvalue weighted by Crippen LogP contribution is -2.41. The van der Waals surface area contributed by atoms with Crippen LogP contribution in [0.25, 0.3) is 0 Å². The molecule has 0 saturated carbocycles. The second-order valence-electron chi connectivity index (χ2n) is 6.55. The number of amides is 1. The first-order valence-corrected chi connectivity index (χ1v) is 7.63. The molecule has 0 aliphatic carbocycles.